The van der Waals surface area contributed by atoms with Gasteiger partial charge in [0, 0.05) is 17.1 Å². The molecule has 0 radical (unpaired) electrons. The Labute approximate surface area is 274 Å². The van der Waals surface area contributed by atoms with Crippen molar-refractivity contribution in [3.63, 3.8) is 0 Å². The monoisotopic (exact) mass is 595 g/mol. The molecule has 226 valence electrons. The summed E-state index contributed by atoms with van der Waals surface area (Å²) < 4.78 is 0. The maximum absolute atomic E-state index is 2.45. The van der Waals surface area contributed by atoms with Crippen molar-refractivity contribution in [3.05, 3.63) is 168 Å². The van der Waals surface area contributed by atoms with E-state index in [0.29, 0.717) is 5.92 Å². The van der Waals surface area contributed by atoms with Gasteiger partial charge in [-0.25, -0.2) is 0 Å². The number of anilines is 3. The number of aryl methyl sites for hydroxylation is 1. The van der Waals surface area contributed by atoms with E-state index in [1.807, 2.05) is 0 Å². The highest BCUT2D eigenvalue weighted by molar-refractivity contribution is 6.03. The van der Waals surface area contributed by atoms with Crippen LogP contribution in [-0.4, -0.2) is 0 Å². The van der Waals surface area contributed by atoms with Crippen LogP contribution in [0.4, 0.5) is 17.1 Å². The molecule has 6 aromatic carbocycles. The summed E-state index contributed by atoms with van der Waals surface area (Å²) in [6, 6.07) is 49.1. The van der Waals surface area contributed by atoms with Gasteiger partial charge in [0.05, 0.1) is 0 Å². The number of allylic oxidation sites excluding steroid dienone is 4. The Kier molecular flexibility index (Phi) is 8.40. The average Bonchev–Trinajstić information content (AvgIpc) is 3.11. The summed E-state index contributed by atoms with van der Waals surface area (Å²) in [5, 5.41) is 2.68. The highest BCUT2D eigenvalue weighted by Crippen LogP contribution is 2.46. The second-order valence-electron chi connectivity index (χ2n) is 12.5. The largest absolute Gasteiger partial charge is 0.310 e. The third-order valence-electron chi connectivity index (χ3n) is 9.45. The average molecular weight is 596 g/mol. The van der Waals surface area contributed by atoms with Gasteiger partial charge in [-0.15, -0.1) is 0 Å². The number of rotatable bonds is 7. The molecule has 0 saturated carbocycles. The first kappa shape index (κ1) is 29.6. The predicted molar refractivity (Wildman–Crippen MR) is 199 cm³/mol. The first-order valence-corrected chi connectivity index (χ1v) is 16.6. The van der Waals surface area contributed by atoms with Crippen LogP contribution in [0.5, 0.6) is 0 Å². The van der Waals surface area contributed by atoms with E-state index < -0.39 is 0 Å². The molecule has 0 heterocycles. The SMILES string of the molecule is C/C=C\C(=C/C)c1ccc(N(c2ccccc2)c2ccc(-c3c4c(cc5ccccc35)CCC(C)C4)c(-c3ccccc3)c2)cc1. The van der Waals surface area contributed by atoms with Crippen LogP contribution in [0.15, 0.2) is 152 Å². The highest BCUT2D eigenvalue weighted by atomic mass is 15.1. The summed E-state index contributed by atoms with van der Waals surface area (Å²) in [4.78, 5) is 2.38. The standard InChI is InChI=1S/C45H41N/c1-4-14-33(5-2)34-23-25-39(26-24-34)46(38-18-10-7-11-19-38)40-27-28-42(43(31-40)35-15-8-6-9-16-35)45-41-20-13-12-17-36(41)30-37-22-21-32(3)29-44(37)45/h4-20,23-28,30-32H,21-22,29H2,1-3H3/b14-4-,33-5+. The van der Waals surface area contributed by atoms with Gasteiger partial charge in [-0.2, -0.15) is 0 Å². The third-order valence-corrected chi connectivity index (χ3v) is 9.45. The lowest BCUT2D eigenvalue weighted by atomic mass is 9.77. The summed E-state index contributed by atoms with van der Waals surface area (Å²) in [5.74, 6) is 0.680. The minimum atomic E-state index is 0.680. The summed E-state index contributed by atoms with van der Waals surface area (Å²) in [6.45, 7) is 6.57. The van der Waals surface area contributed by atoms with Crippen molar-refractivity contribution in [2.45, 2.75) is 40.0 Å². The van der Waals surface area contributed by atoms with Crippen molar-refractivity contribution >= 4 is 33.4 Å². The fraction of sp³-hybridized carbons (Fsp3) is 0.156. The first-order valence-electron chi connectivity index (χ1n) is 16.6. The van der Waals surface area contributed by atoms with Gasteiger partial charge in [0.25, 0.3) is 0 Å². The lowest BCUT2D eigenvalue weighted by Gasteiger charge is -2.29. The van der Waals surface area contributed by atoms with Gasteiger partial charge in [0.2, 0.25) is 0 Å². The molecule has 1 aliphatic rings. The molecule has 0 fully saturated rings. The number of para-hydroxylation sites is 1. The van der Waals surface area contributed by atoms with Crippen LogP contribution in [0.25, 0.3) is 38.6 Å². The molecule has 1 aliphatic carbocycles. The maximum Gasteiger partial charge on any atom is 0.0468 e. The van der Waals surface area contributed by atoms with Crippen LogP contribution < -0.4 is 4.90 Å². The van der Waals surface area contributed by atoms with Gasteiger partial charge in [0.15, 0.2) is 0 Å². The highest BCUT2D eigenvalue weighted by Gasteiger charge is 2.24. The van der Waals surface area contributed by atoms with Crippen LogP contribution >= 0.6 is 0 Å². The van der Waals surface area contributed by atoms with Gasteiger partial charge in [-0.3, -0.25) is 0 Å². The van der Waals surface area contributed by atoms with Crippen molar-refractivity contribution in [3.8, 4) is 22.3 Å². The van der Waals surface area contributed by atoms with Crippen molar-refractivity contribution in [1.29, 1.82) is 0 Å². The van der Waals surface area contributed by atoms with Gasteiger partial charge in [-0.05, 0) is 131 Å². The Morgan fingerprint density at radius 3 is 2.09 bits per heavy atom. The summed E-state index contributed by atoms with van der Waals surface area (Å²) in [6.07, 6.45) is 9.96. The Morgan fingerprint density at radius 2 is 1.35 bits per heavy atom. The van der Waals surface area contributed by atoms with E-state index in [0.717, 1.165) is 29.9 Å². The molecule has 0 aromatic heterocycles. The Hall–Kier alpha value is -5.14. The van der Waals surface area contributed by atoms with Crippen molar-refractivity contribution in [2.75, 3.05) is 4.90 Å². The van der Waals surface area contributed by atoms with Crippen LogP contribution in [0.1, 0.15) is 43.9 Å². The van der Waals surface area contributed by atoms with E-state index in [1.54, 1.807) is 0 Å². The van der Waals surface area contributed by atoms with E-state index in [9.17, 15) is 0 Å². The molecule has 0 amide bonds. The fourth-order valence-electron chi connectivity index (χ4n) is 7.18. The van der Waals surface area contributed by atoms with Gasteiger partial charge < -0.3 is 4.90 Å². The molecule has 1 nitrogen and oxygen atoms in total. The molecule has 0 spiro atoms. The molecule has 7 rings (SSSR count). The summed E-state index contributed by atoms with van der Waals surface area (Å²) in [5.41, 5.74) is 14.1. The van der Waals surface area contributed by atoms with E-state index in [4.69, 9.17) is 0 Å². The second-order valence-corrected chi connectivity index (χ2v) is 12.5. The zero-order valence-corrected chi connectivity index (χ0v) is 27.1. The van der Waals surface area contributed by atoms with E-state index in [2.05, 4.69) is 177 Å². The molecule has 1 unspecified atom stereocenters. The third kappa shape index (κ3) is 5.70. The van der Waals surface area contributed by atoms with Gasteiger partial charge in [0.1, 0.15) is 0 Å². The Bertz CT molecular complexity index is 2030. The maximum atomic E-state index is 2.45. The van der Waals surface area contributed by atoms with Crippen LogP contribution in [0, 0.1) is 5.92 Å². The molecule has 1 heteroatoms. The zero-order chi connectivity index (χ0) is 31.5. The van der Waals surface area contributed by atoms with E-state index in [-0.39, 0.29) is 0 Å². The lowest BCUT2D eigenvalue weighted by molar-refractivity contribution is 0.502. The normalized spacial score (nSPS) is 14.8. The first-order chi connectivity index (χ1) is 22.6. The van der Waals surface area contributed by atoms with Gasteiger partial charge >= 0.3 is 0 Å². The minimum absolute atomic E-state index is 0.680. The Balaban J connectivity index is 1.45. The number of hydrogen-bond donors (Lipinski definition) is 0. The molecule has 0 N–H and O–H groups in total. The van der Waals surface area contributed by atoms with Crippen molar-refractivity contribution < 1.29 is 0 Å². The molecular weight excluding hydrogens is 555 g/mol. The van der Waals surface area contributed by atoms with Crippen molar-refractivity contribution in [1.82, 2.24) is 0 Å². The minimum Gasteiger partial charge on any atom is -0.310 e. The number of hydrogen-bond acceptors (Lipinski definition) is 1. The topological polar surface area (TPSA) is 3.24 Å². The zero-order valence-electron chi connectivity index (χ0n) is 27.1. The van der Waals surface area contributed by atoms with Crippen molar-refractivity contribution in [2.24, 2.45) is 5.92 Å². The molecule has 0 saturated heterocycles. The van der Waals surface area contributed by atoms with Crippen LogP contribution in [0.3, 0.4) is 0 Å². The molecule has 46 heavy (non-hydrogen) atoms. The second kappa shape index (κ2) is 13.1. The lowest BCUT2D eigenvalue weighted by Crippen LogP contribution is -2.13. The number of benzene rings is 6. The summed E-state index contributed by atoms with van der Waals surface area (Å²) >= 11 is 0. The smallest absolute Gasteiger partial charge is 0.0468 e. The van der Waals surface area contributed by atoms with E-state index >= 15 is 0 Å². The quantitative estimate of drug-likeness (QED) is 0.166. The molecule has 1 atom stereocenters. The summed E-state index contributed by atoms with van der Waals surface area (Å²) in [7, 11) is 0. The predicted octanol–water partition coefficient (Wildman–Crippen LogP) is 12.7. The molecule has 0 bridgehead atoms. The fourth-order valence-corrected chi connectivity index (χ4v) is 7.18. The number of fused-ring (bicyclic) bond motifs is 2. The number of nitrogens with zero attached hydrogens (tertiary/aromatic N) is 1. The Morgan fingerprint density at radius 1 is 0.674 bits per heavy atom. The molecular formula is C45H41N. The van der Waals surface area contributed by atoms with E-state index in [1.165, 1.54) is 61.7 Å². The van der Waals surface area contributed by atoms with Crippen LogP contribution in [-0.2, 0) is 12.8 Å². The van der Waals surface area contributed by atoms with Gasteiger partial charge in [-0.1, -0.05) is 122 Å². The molecule has 0 aliphatic heterocycles. The molecule has 6 aromatic rings. The van der Waals surface area contributed by atoms with Crippen LogP contribution in [0.2, 0.25) is 0 Å².